The molecule has 0 atom stereocenters. The van der Waals surface area contributed by atoms with Gasteiger partial charge in [-0.05, 0) is 19.3 Å². The molecule has 1 saturated carbocycles. The number of ether oxygens (including phenoxy) is 1. The maximum absolute atomic E-state index is 5.69. The van der Waals surface area contributed by atoms with E-state index in [1.54, 1.807) is 13.3 Å². The molecule has 0 aromatic carbocycles. The molecule has 7 heteroatoms. The van der Waals surface area contributed by atoms with Crippen molar-refractivity contribution in [2.24, 2.45) is 0 Å². The molecular weight excluding hydrogens is 222 g/mol. The molecule has 90 valence electrons. The van der Waals surface area contributed by atoms with Crippen molar-refractivity contribution in [3.8, 4) is 11.5 Å². The fourth-order valence-electron chi connectivity index (χ4n) is 2.00. The van der Waals surface area contributed by atoms with E-state index in [1.165, 1.54) is 0 Å². The minimum absolute atomic E-state index is 0.370. The zero-order chi connectivity index (χ0) is 11.9. The van der Waals surface area contributed by atoms with Crippen molar-refractivity contribution in [1.29, 1.82) is 0 Å². The highest BCUT2D eigenvalue weighted by Gasteiger charge is 2.43. The van der Waals surface area contributed by atoms with Crippen molar-refractivity contribution in [3.05, 3.63) is 12.0 Å². The van der Waals surface area contributed by atoms with Crippen LogP contribution in [0.1, 0.15) is 25.1 Å². The van der Waals surface area contributed by atoms with Crippen LogP contribution in [0.25, 0.3) is 11.5 Å². The van der Waals surface area contributed by atoms with Crippen molar-refractivity contribution >= 4 is 5.82 Å². The summed E-state index contributed by atoms with van der Waals surface area (Å²) in [5, 5.41) is 10.4. The zero-order valence-electron chi connectivity index (χ0n) is 9.43. The molecule has 0 radical (unpaired) electrons. The van der Waals surface area contributed by atoms with Gasteiger partial charge in [-0.2, -0.15) is 10.1 Å². The minimum Gasteiger partial charge on any atom is -0.383 e. The molecule has 0 spiro atoms. The van der Waals surface area contributed by atoms with Gasteiger partial charge in [0.15, 0.2) is 0 Å². The molecule has 2 aromatic rings. The molecule has 0 bridgehead atoms. The molecule has 7 nitrogen and oxygen atoms in total. The SMILES string of the molecule is COC1(c2noc(-c3cn[nH]c3N)n2)CCC1. The van der Waals surface area contributed by atoms with Gasteiger partial charge in [0, 0.05) is 7.11 Å². The molecule has 0 amide bonds. The van der Waals surface area contributed by atoms with Gasteiger partial charge in [-0.15, -0.1) is 0 Å². The number of aromatic nitrogens is 4. The van der Waals surface area contributed by atoms with Crippen LogP contribution >= 0.6 is 0 Å². The van der Waals surface area contributed by atoms with Gasteiger partial charge < -0.3 is 15.0 Å². The van der Waals surface area contributed by atoms with Gasteiger partial charge in [0.05, 0.1) is 6.20 Å². The van der Waals surface area contributed by atoms with E-state index in [4.69, 9.17) is 15.0 Å². The molecule has 3 N–H and O–H groups in total. The van der Waals surface area contributed by atoms with Crippen molar-refractivity contribution in [2.75, 3.05) is 12.8 Å². The van der Waals surface area contributed by atoms with E-state index in [-0.39, 0.29) is 5.60 Å². The van der Waals surface area contributed by atoms with Gasteiger partial charge in [-0.25, -0.2) is 0 Å². The summed E-state index contributed by atoms with van der Waals surface area (Å²) >= 11 is 0. The molecule has 0 aliphatic heterocycles. The van der Waals surface area contributed by atoms with E-state index in [1.807, 2.05) is 0 Å². The predicted octanol–water partition coefficient (Wildman–Crippen LogP) is 1.07. The van der Waals surface area contributed by atoms with E-state index >= 15 is 0 Å². The van der Waals surface area contributed by atoms with Crippen LogP contribution in [0.5, 0.6) is 0 Å². The van der Waals surface area contributed by atoms with Gasteiger partial charge in [-0.3, -0.25) is 5.10 Å². The normalized spacial score (nSPS) is 17.9. The van der Waals surface area contributed by atoms with Crippen LogP contribution in [0.15, 0.2) is 10.7 Å². The van der Waals surface area contributed by atoms with E-state index in [9.17, 15) is 0 Å². The van der Waals surface area contributed by atoms with Crippen molar-refractivity contribution in [2.45, 2.75) is 24.9 Å². The van der Waals surface area contributed by atoms with Gasteiger partial charge >= 0.3 is 0 Å². The lowest BCUT2D eigenvalue weighted by Crippen LogP contribution is -2.37. The van der Waals surface area contributed by atoms with Crippen molar-refractivity contribution in [1.82, 2.24) is 20.3 Å². The highest BCUT2D eigenvalue weighted by Crippen LogP contribution is 2.43. The Morgan fingerprint density at radius 3 is 2.88 bits per heavy atom. The molecule has 3 rings (SSSR count). The van der Waals surface area contributed by atoms with Crippen LogP contribution in [0.2, 0.25) is 0 Å². The largest absolute Gasteiger partial charge is 0.383 e. The van der Waals surface area contributed by atoms with Crippen LogP contribution in [0.4, 0.5) is 5.82 Å². The van der Waals surface area contributed by atoms with Crippen LogP contribution in [-0.4, -0.2) is 27.4 Å². The highest BCUT2D eigenvalue weighted by molar-refractivity contribution is 5.65. The molecule has 2 aromatic heterocycles. The number of nitrogens with two attached hydrogens (primary N) is 1. The first-order chi connectivity index (χ1) is 8.25. The number of methoxy groups -OCH3 is 1. The van der Waals surface area contributed by atoms with Crippen LogP contribution in [-0.2, 0) is 10.3 Å². The smallest absolute Gasteiger partial charge is 0.263 e. The van der Waals surface area contributed by atoms with E-state index in [2.05, 4.69) is 20.3 Å². The molecule has 0 unspecified atom stereocenters. The first-order valence-corrected chi connectivity index (χ1v) is 5.44. The van der Waals surface area contributed by atoms with Gasteiger partial charge in [0.2, 0.25) is 5.82 Å². The highest BCUT2D eigenvalue weighted by atomic mass is 16.5. The summed E-state index contributed by atoms with van der Waals surface area (Å²) in [6.45, 7) is 0. The Kier molecular flexibility index (Phi) is 2.15. The zero-order valence-corrected chi connectivity index (χ0v) is 9.43. The third-order valence-corrected chi connectivity index (χ3v) is 3.28. The summed E-state index contributed by atoms with van der Waals surface area (Å²) in [4.78, 5) is 4.34. The number of nitrogens with one attached hydrogen (secondary N) is 1. The van der Waals surface area contributed by atoms with E-state index in [0.29, 0.717) is 23.1 Å². The average molecular weight is 235 g/mol. The van der Waals surface area contributed by atoms with Gasteiger partial charge in [-0.1, -0.05) is 5.16 Å². The Morgan fingerprint density at radius 2 is 2.35 bits per heavy atom. The Labute approximate surface area is 97.3 Å². The number of rotatable bonds is 3. The van der Waals surface area contributed by atoms with Crippen molar-refractivity contribution < 1.29 is 9.26 Å². The monoisotopic (exact) mass is 235 g/mol. The number of nitrogens with zero attached hydrogens (tertiary/aromatic N) is 3. The van der Waals surface area contributed by atoms with E-state index < -0.39 is 0 Å². The number of hydrogen-bond donors (Lipinski definition) is 2. The maximum Gasteiger partial charge on any atom is 0.263 e. The van der Waals surface area contributed by atoms with Crippen LogP contribution < -0.4 is 5.73 Å². The molecule has 17 heavy (non-hydrogen) atoms. The Hall–Kier alpha value is -1.89. The summed E-state index contributed by atoms with van der Waals surface area (Å²) in [7, 11) is 1.67. The lowest BCUT2D eigenvalue weighted by Gasteiger charge is -2.37. The van der Waals surface area contributed by atoms with Crippen molar-refractivity contribution in [3.63, 3.8) is 0 Å². The third kappa shape index (κ3) is 1.42. The first kappa shape index (κ1) is 10.3. The maximum atomic E-state index is 5.69. The van der Waals surface area contributed by atoms with Gasteiger partial charge in [0.1, 0.15) is 17.0 Å². The quantitative estimate of drug-likeness (QED) is 0.824. The second-order valence-corrected chi connectivity index (χ2v) is 4.17. The summed E-state index contributed by atoms with van der Waals surface area (Å²) < 4.78 is 10.7. The topological polar surface area (TPSA) is 103 Å². The molecule has 1 fully saturated rings. The Morgan fingerprint density at radius 1 is 1.53 bits per heavy atom. The summed E-state index contributed by atoms with van der Waals surface area (Å²) in [5.41, 5.74) is 5.94. The first-order valence-electron chi connectivity index (χ1n) is 5.44. The lowest BCUT2D eigenvalue weighted by molar-refractivity contribution is -0.0858. The predicted molar refractivity (Wildman–Crippen MR) is 58.8 cm³/mol. The Bertz CT molecular complexity index is 523. The van der Waals surface area contributed by atoms with Crippen LogP contribution in [0.3, 0.4) is 0 Å². The molecule has 0 saturated heterocycles. The summed E-state index contributed by atoms with van der Waals surface area (Å²) in [6, 6.07) is 0. The van der Waals surface area contributed by atoms with Crippen LogP contribution in [0, 0.1) is 0 Å². The fraction of sp³-hybridized carbons (Fsp3) is 0.500. The standard InChI is InChI=1S/C10H13N5O2/c1-16-10(3-2-4-10)9-13-8(17-15-9)6-5-12-14-7(6)11/h5H,2-4H2,1H3,(H3,11,12,14). The molecular formula is C10H13N5O2. The minimum atomic E-state index is -0.375. The second kappa shape index (κ2) is 3.56. The number of nitrogen functional groups attached to an aromatic ring is 1. The number of hydrogen-bond acceptors (Lipinski definition) is 6. The molecule has 1 aliphatic rings. The average Bonchev–Trinajstić information content (AvgIpc) is 2.86. The van der Waals surface area contributed by atoms with Gasteiger partial charge in [0.25, 0.3) is 5.89 Å². The fourth-order valence-corrected chi connectivity index (χ4v) is 2.00. The number of anilines is 1. The number of aromatic amines is 1. The summed E-state index contributed by atoms with van der Waals surface area (Å²) in [5.74, 6) is 1.37. The Balaban J connectivity index is 1.96. The lowest BCUT2D eigenvalue weighted by atomic mass is 9.79. The summed E-state index contributed by atoms with van der Waals surface area (Å²) in [6.07, 6.45) is 4.52. The second-order valence-electron chi connectivity index (χ2n) is 4.17. The number of H-pyrrole nitrogens is 1. The molecule has 2 heterocycles. The van der Waals surface area contributed by atoms with E-state index in [0.717, 1.165) is 19.3 Å². The molecule has 1 aliphatic carbocycles. The third-order valence-electron chi connectivity index (χ3n) is 3.28.